The Hall–Kier alpha value is -4.06. The normalized spacial score (nSPS) is 23.9. The molecule has 8 rings (SSSR count). The van der Waals surface area contributed by atoms with Crippen molar-refractivity contribution in [3.8, 4) is 17.3 Å². The summed E-state index contributed by atoms with van der Waals surface area (Å²) >= 11 is 0. The molecule has 2 amide bonds. The molecule has 10 nitrogen and oxygen atoms in total. The third-order valence-corrected chi connectivity index (χ3v) is 11.1. The maximum atomic E-state index is 13.9. The number of carbonyl (C=O) groups excluding carboxylic acids is 2. The maximum absolute atomic E-state index is 13.9. The third-order valence-electron chi connectivity index (χ3n) is 11.1. The molecule has 3 N–H and O–H groups in total. The van der Waals surface area contributed by atoms with Crippen LogP contribution in [0.3, 0.4) is 0 Å². The number of piperidine rings is 1. The Bertz CT molecular complexity index is 1910. The highest BCUT2D eigenvalue weighted by Gasteiger charge is 2.57. The highest BCUT2D eigenvalue weighted by atomic mass is 19.3. The molecule has 4 fully saturated rings. The predicted octanol–water partition coefficient (Wildman–Crippen LogP) is 5.18. The number of ether oxygens (including phenoxy) is 1. The Morgan fingerprint density at radius 2 is 1.91 bits per heavy atom. The summed E-state index contributed by atoms with van der Waals surface area (Å²) in [5.41, 5.74) is 9.11. The van der Waals surface area contributed by atoms with Gasteiger partial charge in [-0.3, -0.25) is 9.59 Å². The van der Waals surface area contributed by atoms with Crippen LogP contribution in [0.15, 0.2) is 30.3 Å². The number of hydrogen-bond donors (Lipinski definition) is 2. The number of alkyl halides is 2. The SMILES string of the molecule is COc1cc(C(=O)N2C[C@H](N)[C@H]3CC[C@@H]2C3)cc2nc(-c3cc4ccc([C@@H](C)NC(=O)C5(C(F)F)CC5)nc4n3CC3CC3)n(C)c12. The van der Waals surface area contributed by atoms with Crippen LogP contribution in [-0.2, 0) is 18.4 Å². The molecule has 3 aliphatic carbocycles. The summed E-state index contributed by atoms with van der Waals surface area (Å²) in [5.74, 6) is 1.65. The molecule has 4 aliphatic rings. The largest absolute Gasteiger partial charge is 0.494 e. The number of nitrogens with two attached hydrogens (primary N) is 1. The molecule has 0 spiro atoms. The Kier molecular flexibility index (Phi) is 7.09. The molecule has 1 saturated heterocycles. The van der Waals surface area contributed by atoms with Gasteiger partial charge in [0.05, 0.1) is 30.1 Å². The van der Waals surface area contributed by atoms with Gasteiger partial charge in [0.25, 0.3) is 12.3 Å². The number of amides is 2. The molecule has 4 atom stereocenters. The molecule has 2 bridgehead atoms. The number of likely N-dealkylation sites (tertiary alicyclic amines) is 1. The van der Waals surface area contributed by atoms with Gasteiger partial charge >= 0.3 is 0 Å². The van der Waals surface area contributed by atoms with E-state index in [4.69, 9.17) is 20.4 Å². The molecule has 3 aromatic heterocycles. The first-order valence-corrected chi connectivity index (χ1v) is 16.8. The van der Waals surface area contributed by atoms with E-state index < -0.39 is 23.8 Å². The van der Waals surface area contributed by atoms with Crippen molar-refractivity contribution in [1.29, 1.82) is 0 Å². The first-order chi connectivity index (χ1) is 22.6. The minimum absolute atomic E-state index is 0.000904. The van der Waals surface area contributed by atoms with Gasteiger partial charge in [0.15, 0.2) is 5.82 Å². The summed E-state index contributed by atoms with van der Waals surface area (Å²) in [6.07, 6.45) is 3.00. The maximum Gasteiger partial charge on any atom is 0.254 e. The minimum Gasteiger partial charge on any atom is -0.494 e. The summed E-state index contributed by atoms with van der Waals surface area (Å²) < 4.78 is 37.1. The van der Waals surface area contributed by atoms with Gasteiger partial charge in [-0.05, 0) is 94.0 Å². The zero-order valence-corrected chi connectivity index (χ0v) is 27.0. The Morgan fingerprint density at radius 3 is 2.62 bits per heavy atom. The number of fused-ring (bicyclic) bond motifs is 4. The van der Waals surface area contributed by atoms with Crippen LogP contribution in [0, 0.1) is 17.3 Å². The number of carbonyl (C=O) groups is 2. The van der Waals surface area contributed by atoms with Crippen LogP contribution < -0.4 is 15.8 Å². The van der Waals surface area contributed by atoms with Crippen LogP contribution in [0.25, 0.3) is 33.6 Å². The van der Waals surface area contributed by atoms with Gasteiger partial charge in [0, 0.05) is 43.2 Å². The van der Waals surface area contributed by atoms with E-state index in [1.54, 1.807) is 14.0 Å². The number of nitrogens with zero attached hydrogens (tertiary/aromatic N) is 5. The molecule has 3 saturated carbocycles. The van der Waals surface area contributed by atoms with Crippen LogP contribution in [0.4, 0.5) is 8.78 Å². The van der Waals surface area contributed by atoms with Crippen molar-refractivity contribution in [2.45, 2.75) is 83.0 Å². The zero-order chi connectivity index (χ0) is 32.8. The fourth-order valence-corrected chi connectivity index (χ4v) is 7.83. The molecule has 4 aromatic rings. The van der Waals surface area contributed by atoms with E-state index in [0.29, 0.717) is 40.9 Å². The van der Waals surface area contributed by atoms with Gasteiger partial charge < -0.3 is 29.8 Å². The Morgan fingerprint density at radius 1 is 1.13 bits per heavy atom. The van der Waals surface area contributed by atoms with Crippen molar-refractivity contribution in [1.82, 2.24) is 29.3 Å². The monoisotopic (exact) mass is 645 g/mol. The zero-order valence-electron chi connectivity index (χ0n) is 27.0. The van der Waals surface area contributed by atoms with Crippen LogP contribution in [0.1, 0.15) is 74.0 Å². The first-order valence-electron chi connectivity index (χ1n) is 16.8. The van der Waals surface area contributed by atoms with E-state index >= 15 is 0 Å². The van der Waals surface area contributed by atoms with E-state index in [9.17, 15) is 18.4 Å². The molecule has 4 heterocycles. The molecular formula is C35H41F2N7O3. The van der Waals surface area contributed by atoms with Crippen molar-refractivity contribution in [3.05, 3.63) is 41.6 Å². The summed E-state index contributed by atoms with van der Waals surface area (Å²) in [6, 6.07) is 9.23. The van der Waals surface area contributed by atoms with Gasteiger partial charge in [0.1, 0.15) is 22.3 Å². The Balaban J connectivity index is 1.16. The average Bonchev–Trinajstić information content (AvgIpc) is 3.96. The van der Waals surface area contributed by atoms with Crippen molar-refractivity contribution < 1.29 is 23.1 Å². The lowest BCUT2D eigenvalue weighted by Gasteiger charge is -2.37. The van der Waals surface area contributed by atoms with Gasteiger partial charge in [-0.1, -0.05) is 0 Å². The fourth-order valence-electron chi connectivity index (χ4n) is 7.83. The standard InChI is InChI=1S/C35H41F2N7O3/c1-18(39-34(46)35(10-11-35)33(36)37)25-9-7-21-14-27(44(30(21)40-25)16-19-4-5-19)31-41-26-13-22(15-28(47-3)29(26)42(31)2)32(45)43-17-24(38)20-6-8-23(43)12-20/h7,9,13-15,18-20,23-24,33H,4-6,8,10-12,16-17,38H2,1-3H3,(H,39,46)/t18-,20+,23-,24+/m1/s1. The van der Waals surface area contributed by atoms with Crippen LogP contribution in [0.5, 0.6) is 5.75 Å². The summed E-state index contributed by atoms with van der Waals surface area (Å²) in [4.78, 5) is 38.6. The molecule has 12 heteroatoms. The average molecular weight is 646 g/mol. The number of benzene rings is 1. The van der Waals surface area contributed by atoms with Crippen molar-refractivity contribution >= 4 is 33.9 Å². The summed E-state index contributed by atoms with van der Waals surface area (Å²) in [5, 5.41) is 3.70. The molecule has 1 aliphatic heterocycles. The van der Waals surface area contributed by atoms with Gasteiger partial charge in [-0.2, -0.15) is 0 Å². The fraction of sp³-hybridized carbons (Fsp3) is 0.543. The number of aromatic nitrogens is 4. The number of aryl methyl sites for hydroxylation is 1. The van der Waals surface area contributed by atoms with Crippen molar-refractivity contribution in [3.63, 3.8) is 0 Å². The van der Waals surface area contributed by atoms with Crippen molar-refractivity contribution in [2.24, 2.45) is 30.0 Å². The number of pyridine rings is 1. The number of nitrogens with one attached hydrogen (secondary N) is 1. The molecule has 47 heavy (non-hydrogen) atoms. The molecule has 0 unspecified atom stereocenters. The Labute approximate surface area is 271 Å². The molecule has 1 aromatic carbocycles. The number of hydrogen-bond acceptors (Lipinski definition) is 6. The quantitative estimate of drug-likeness (QED) is 0.259. The molecule has 0 radical (unpaired) electrons. The second kappa shape index (κ2) is 11.0. The van der Waals surface area contributed by atoms with Crippen LogP contribution >= 0.6 is 0 Å². The van der Waals surface area contributed by atoms with E-state index in [2.05, 4.69) is 16.0 Å². The number of rotatable bonds is 9. The second-order valence-electron chi connectivity index (χ2n) is 14.3. The summed E-state index contributed by atoms with van der Waals surface area (Å²) in [7, 11) is 3.55. The lowest BCUT2D eigenvalue weighted by Crippen LogP contribution is -2.51. The number of methoxy groups -OCH3 is 1. The van der Waals surface area contributed by atoms with Crippen LogP contribution in [0.2, 0.25) is 0 Å². The highest BCUT2D eigenvalue weighted by Crippen LogP contribution is 2.51. The molecular weight excluding hydrogens is 604 g/mol. The van der Waals surface area contributed by atoms with Gasteiger partial charge in [0.2, 0.25) is 5.91 Å². The minimum atomic E-state index is -2.68. The van der Waals surface area contributed by atoms with E-state index in [1.165, 1.54) is 0 Å². The van der Waals surface area contributed by atoms with Crippen molar-refractivity contribution in [2.75, 3.05) is 13.7 Å². The van der Waals surface area contributed by atoms with E-state index in [1.807, 2.05) is 40.8 Å². The number of imidazole rings is 1. The second-order valence-corrected chi connectivity index (χ2v) is 14.3. The number of halogens is 2. The van der Waals surface area contributed by atoms with Crippen LogP contribution in [-0.4, -0.2) is 68.0 Å². The highest BCUT2D eigenvalue weighted by molar-refractivity contribution is 6.00. The molecule has 248 valence electrons. The lowest BCUT2D eigenvalue weighted by atomic mass is 9.94. The predicted molar refractivity (Wildman–Crippen MR) is 173 cm³/mol. The smallest absolute Gasteiger partial charge is 0.254 e. The summed E-state index contributed by atoms with van der Waals surface area (Å²) in [6.45, 7) is 3.10. The van der Waals surface area contributed by atoms with E-state index in [-0.39, 0.29) is 30.8 Å². The topological polar surface area (TPSA) is 120 Å². The lowest BCUT2D eigenvalue weighted by molar-refractivity contribution is -0.132. The van der Waals surface area contributed by atoms with Gasteiger partial charge in [-0.25, -0.2) is 18.7 Å². The first kappa shape index (κ1) is 30.3. The third kappa shape index (κ3) is 4.98. The van der Waals surface area contributed by atoms with E-state index in [0.717, 1.165) is 66.7 Å². The van der Waals surface area contributed by atoms with Gasteiger partial charge in [-0.15, -0.1) is 0 Å².